The molecule has 0 saturated heterocycles. The summed E-state index contributed by atoms with van der Waals surface area (Å²) in [5.74, 6) is -0.0340. The second-order valence-corrected chi connectivity index (χ2v) is 9.08. The van der Waals surface area contributed by atoms with E-state index in [-0.39, 0.29) is 5.91 Å². The number of hydrogen-bond donors (Lipinski definition) is 1. The maximum absolute atomic E-state index is 12.4. The summed E-state index contributed by atoms with van der Waals surface area (Å²) in [6.07, 6.45) is 5.20. The number of carbonyl (C=O) groups is 1. The topological polar surface area (TPSA) is 66.5 Å². The van der Waals surface area contributed by atoms with Crippen molar-refractivity contribution < 1.29 is 13.2 Å². The number of benzene rings is 3. The Hall–Kier alpha value is -3.38. The van der Waals surface area contributed by atoms with Crippen LogP contribution >= 0.6 is 0 Å². The van der Waals surface area contributed by atoms with Gasteiger partial charge in [0.1, 0.15) is 0 Å². The zero-order chi connectivity index (χ0) is 21.3. The lowest BCUT2D eigenvalue weighted by Crippen LogP contribution is -2.29. The molecule has 0 spiro atoms. The van der Waals surface area contributed by atoms with Crippen molar-refractivity contribution in [2.75, 3.05) is 15.9 Å². The largest absolute Gasteiger partial charge is 0.308 e. The maximum Gasteiger partial charge on any atom is 0.229 e. The fourth-order valence-corrected chi connectivity index (χ4v) is 4.26. The van der Waals surface area contributed by atoms with Gasteiger partial charge < -0.3 is 4.90 Å². The standard InChI is InChI=1S/C24H22N2O3S/c1-17(27)26-16-21-15-20(22-8-4-5-9-23(22)25-30(2,28)29)14-12-18(21)11-13-19-7-3-6-10-24(19)26/h3-15,25H,16H2,1-2H3. The summed E-state index contributed by atoms with van der Waals surface area (Å²) < 4.78 is 26.1. The van der Waals surface area contributed by atoms with Crippen LogP contribution in [0.5, 0.6) is 0 Å². The molecule has 3 aromatic carbocycles. The number of nitrogens with zero attached hydrogens (tertiary/aromatic N) is 1. The highest BCUT2D eigenvalue weighted by atomic mass is 32.2. The molecule has 6 heteroatoms. The van der Waals surface area contributed by atoms with Crippen LogP contribution in [-0.4, -0.2) is 20.6 Å². The van der Waals surface area contributed by atoms with Crippen molar-refractivity contribution in [3.05, 3.63) is 83.4 Å². The highest BCUT2D eigenvalue weighted by molar-refractivity contribution is 7.92. The van der Waals surface area contributed by atoms with Gasteiger partial charge in [-0.15, -0.1) is 0 Å². The van der Waals surface area contributed by atoms with Gasteiger partial charge in [0.2, 0.25) is 15.9 Å². The van der Waals surface area contributed by atoms with Crippen LogP contribution in [0.2, 0.25) is 0 Å². The summed E-state index contributed by atoms with van der Waals surface area (Å²) >= 11 is 0. The molecule has 1 aliphatic heterocycles. The van der Waals surface area contributed by atoms with E-state index in [9.17, 15) is 13.2 Å². The van der Waals surface area contributed by atoms with Crippen molar-refractivity contribution in [1.29, 1.82) is 0 Å². The lowest BCUT2D eigenvalue weighted by atomic mass is 9.95. The number of para-hydroxylation sites is 2. The summed E-state index contributed by atoms with van der Waals surface area (Å²) in [5.41, 5.74) is 6.06. The van der Waals surface area contributed by atoms with Gasteiger partial charge in [0.25, 0.3) is 0 Å². The number of anilines is 2. The molecule has 152 valence electrons. The van der Waals surface area contributed by atoms with Crippen LogP contribution in [0.3, 0.4) is 0 Å². The number of amides is 1. The normalized spacial score (nSPS) is 13.1. The smallest absolute Gasteiger partial charge is 0.229 e. The molecule has 1 N–H and O–H groups in total. The van der Waals surface area contributed by atoms with Crippen molar-refractivity contribution >= 4 is 39.5 Å². The zero-order valence-electron chi connectivity index (χ0n) is 16.8. The minimum Gasteiger partial charge on any atom is -0.308 e. The SMILES string of the molecule is CC(=O)N1Cc2cc(-c3ccccc3NS(C)(=O)=O)ccc2C=Cc2ccccc21. The average molecular weight is 419 g/mol. The van der Waals surface area contributed by atoms with Crippen molar-refractivity contribution in [2.45, 2.75) is 13.5 Å². The fraction of sp³-hybridized carbons (Fsp3) is 0.125. The molecule has 30 heavy (non-hydrogen) atoms. The van der Waals surface area contributed by atoms with E-state index >= 15 is 0 Å². The lowest BCUT2D eigenvalue weighted by molar-refractivity contribution is -0.116. The third-order valence-electron chi connectivity index (χ3n) is 5.05. The Balaban J connectivity index is 1.82. The van der Waals surface area contributed by atoms with Crippen molar-refractivity contribution in [3.8, 4) is 11.1 Å². The Bertz CT molecular complexity index is 1260. The summed E-state index contributed by atoms with van der Waals surface area (Å²) in [7, 11) is -3.40. The summed E-state index contributed by atoms with van der Waals surface area (Å²) in [6.45, 7) is 2.00. The third-order valence-corrected chi connectivity index (χ3v) is 5.65. The minimum atomic E-state index is -3.40. The average Bonchev–Trinajstić information content (AvgIpc) is 2.68. The molecule has 0 atom stereocenters. The van der Waals surface area contributed by atoms with Gasteiger partial charge in [-0.3, -0.25) is 9.52 Å². The Morgan fingerprint density at radius 3 is 2.40 bits per heavy atom. The van der Waals surface area contributed by atoms with Gasteiger partial charge in [0.05, 0.1) is 24.2 Å². The molecule has 0 unspecified atom stereocenters. The zero-order valence-corrected chi connectivity index (χ0v) is 17.6. The second-order valence-electron chi connectivity index (χ2n) is 7.33. The Morgan fingerprint density at radius 2 is 1.63 bits per heavy atom. The van der Waals surface area contributed by atoms with Crippen molar-refractivity contribution in [3.63, 3.8) is 0 Å². The van der Waals surface area contributed by atoms with E-state index in [1.165, 1.54) is 0 Å². The van der Waals surface area contributed by atoms with E-state index in [0.717, 1.165) is 39.8 Å². The minimum absolute atomic E-state index is 0.0340. The molecule has 5 nitrogen and oxygen atoms in total. The highest BCUT2D eigenvalue weighted by Crippen LogP contribution is 2.33. The van der Waals surface area contributed by atoms with Crippen molar-refractivity contribution in [1.82, 2.24) is 0 Å². The predicted octanol–water partition coefficient (Wildman–Crippen LogP) is 4.76. The summed E-state index contributed by atoms with van der Waals surface area (Å²) in [5, 5.41) is 0. The van der Waals surface area contributed by atoms with E-state index in [0.29, 0.717) is 12.2 Å². The Morgan fingerprint density at radius 1 is 0.933 bits per heavy atom. The van der Waals surface area contributed by atoms with Crippen LogP contribution in [0, 0.1) is 0 Å². The van der Waals surface area contributed by atoms with Crippen LogP contribution < -0.4 is 9.62 Å². The summed E-state index contributed by atoms with van der Waals surface area (Å²) in [4.78, 5) is 14.2. The monoisotopic (exact) mass is 418 g/mol. The number of sulfonamides is 1. The molecule has 0 radical (unpaired) electrons. The lowest BCUT2D eigenvalue weighted by Gasteiger charge is -2.26. The van der Waals surface area contributed by atoms with Crippen LogP contribution in [0.1, 0.15) is 23.6 Å². The number of rotatable bonds is 3. The molecule has 1 heterocycles. The van der Waals surface area contributed by atoms with Gasteiger partial charge in [-0.1, -0.05) is 60.7 Å². The number of hydrogen-bond acceptors (Lipinski definition) is 3. The van der Waals surface area contributed by atoms with E-state index < -0.39 is 10.0 Å². The quantitative estimate of drug-likeness (QED) is 0.667. The van der Waals surface area contributed by atoms with Gasteiger partial charge in [0, 0.05) is 12.5 Å². The van der Waals surface area contributed by atoms with E-state index in [4.69, 9.17) is 0 Å². The second kappa shape index (κ2) is 7.80. The van der Waals surface area contributed by atoms with Crippen LogP contribution in [-0.2, 0) is 21.4 Å². The van der Waals surface area contributed by atoms with E-state index in [1.807, 2.05) is 60.7 Å². The first-order valence-corrected chi connectivity index (χ1v) is 11.5. The van der Waals surface area contributed by atoms with Gasteiger partial charge >= 0.3 is 0 Å². The summed E-state index contributed by atoms with van der Waals surface area (Å²) in [6, 6.07) is 21.1. The molecule has 0 aliphatic carbocycles. The predicted molar refractivity (Wildman–Crippen MR) is 123 cm³/mol. The van der Waals surface area contributed by atoms with Crippen LogP contribution in [0.25, 0.3) is 23.3 Å². The first-order valence-electron chi connectivity index (χ1n) is 9.57. The molecule has 3 aromatic rings. The Kier molecular flexibility index (Phi) is 5.18. The molecule has 1 amide bonds. The van der Waals surface area contributed by atoms with Gasteiger partial charge in [-0.05, 0) is 40.5 Å². The Labute approximate surface area is 176 Å². The molecular formula is C24H22N2O3S. The molecule has 0 saturated carbocycles. The van der Waals surface area contributed by atoms with Gasteiger partial charge in [0.15, 0.2) is 0 Å². The van der Waals surface area contributed by atoms with Gasteiger partial charge in [-0.25, -0.2) is 8.42 Å². The molecular weight excluding hydrogens is 396 g/mol. The molecule has 1 aliphatic rings. The third kappa shape index (κ3) is 4.14. The first kappa shape index (κ1) is 19.9. The van der Waals surface area contributed by atoms with Crippen molar-refractivity contribution in [2.24, 2.45) is 0 Å². The highest BCUT2D eigenvalue weighted by Gasteiger charge is 2.19. The number of fused-ring (bicyclic) bond motifs is 2. The molecule has 0 bridgehead atoms. The molecule has 0 aromatic heterocycles. The number of carbonyl (C=O) groups excluding carboxylic acids is 1. The molecule has 4 rings (SSSR count). The number of nitrogens with one attached hydrogen (secondary N) is 1. The fourth-order valence-electron chi connectivity index (χ4n) is 3.69. The van der Waals surface area contributed by atoms with E-state index in [1.54, 1.807) is 24.0 Å². The van der Waals surface area contributed by atoms with Gasteiger partial charge in [-0.2, -0.15) is 0 Å². The molecule has 0 fully saturated rings. The maximum atomic E-state index is 12.4. The van der Waals surface area contributed by atoms with E-state index in [2.05, 4.69) is 10.8 Å². The first-order chi connectivity index (χ1) is 14.3. The van der Waals surface area contributed by atoms with Crippen LogP contribution in [0.4, 0.5) is 11.4 Å². The van der Waals surface area contributed by atoms with Crippen LogP contribution in [0.15, 0.2) is 66.7 Å².